The minimum absolute atomic E-state index is 0.111. The lowest BCUT2D eigenvalue weighted by Gasteiger charge is -2.09. The number of benzene rings is 2. The Hall–Kier alpha value is -2.47. The van der Waals surface area contributed by atoms with E-state index in [0.29, 0.717) is 17.9 Å². The summed E-state index contributed by atoms with van der Waals surface area (Å²) in [5.41, 5.74) is 1.69. The third-order valence-corrected chi connectivity index (χ3v) is 3.95. The molecule has 1 heterocycles. The monoisotopic (exact) mass is 387 g/mol. The molecule has 1 aromatic heterocycles. The molecule has 0 atom stereocenters. The Morgan fingerprint density at radius 3 is 2.71 bits per heavy atom. The van der Waals surface area contributed by atoms with Crippen molar-refractivity contribution in [2.45, 2.75) is 13.0 Å². The summed E-state index contributed by atoms with van der Waals surface area (Å²) in [5, 5.41) is 7.06. The summed E-state index contributed by atoms with van der Waals surface area (Å²) in [6.45, 7) is 0.544. The lowest BCUT2D eigenvalue weighted by atomic mass is 10.1. The molecular weight excluding hydrogens is 373 g/mol. The summed E-state index contributed by atoms with van der Waals surface area (Å²) < 4.78 is 15.9. The molecule has 3 aromatic rings. The fraction of sp³-hybridized carbons (Fsp3) is 0.111. The smallest absolute Gasteiger partial charge is 0.229 e. The minimum atomic E-state index is -0.347. The van der Waals surface area contributed by atoms with Crippen molar-refractivity contribution in [3.63, 3.8) is 0 Å². The molecule has 0 fully saturated rings. The number of anilines is 1. The van der Waals surface area contributed by atoms with E-state index < -0.39 is 0 Å². The zero-order valence-corrected chi connectivity index (χ0v) is 14.3. The van der Waals surface area contributed by atoms with Gasteiger partial charge in [-0.15, -0.1) is 0 Å². The van der Waals surface area contributed by atoms with Gasteiger partial charge in [0.25, 0.3) is 0 Å². The topological polar surface area (TPSA) is 46.9 Å². The molecule has 122 valence electrons. The molecule has 0 bridgehead atoms. The Balaban J connectivity index is 1.68. The number of hydrogen-bond donors (Lipinski definition) is 1. The van der Waals surface area contributed by atoms with E-state index >= 15 is 0 Å². The van der Waals surface area contributed by atoms with E-state index in [1.165, 1.54) is 12.1 Å². The van der Waals surface area contributed by atoms with E-state index in [4.69, 9.17) is 0 Å². The second kappa shape index (κ2) is 7.40. The predicted octanol–water partition coefficient (Wildman–Crippen LogP) is 4.01. The molecule has 1 amide bonds. The number of nitrogens with one attached hydrogen (secondary N) is 1. The van der Waals surface area contributed by atoms with Crippen molar-refractivity contribution >= 4 is 27.7 Å². The third-order valence-electron chi connectivity index (χ3n) is 3.46. The molecule has 0 saturated carbocycles. The van der Waals surface area contributed by atoms with Crippen LogP contribution >= 0.6 is 15.9 Å². The maximum atomic E-state index is 13.2. The van der Waals surface area contributed by atoms with Crippen LogP contribution < -0.4 is 5.32 Å². The van der Waals surface area contributed by atoms with Gasteiger partial charge in [0.15, 0.2) is 0 Å². The van der Waals surface area contributed by atoms with E-state index in [-0.39, 0.29) is 18.1 Å². The van der Waals surface area contributed by atoms with Crippen LogP contribution in [0.15, 0.2) is 65.3 Å². The van der Waals surface area contributed by atoms with Crippen LogP contribution in [-0.2, 0) is 17.8 Å². The van der Waals surface area contributed by atoms with Crippen LogP contribution in [0.4, 0.5) is 10.2 Å². The maximum Gasteiger partial charge on any atom is 0.229 e. The van der Waals surface area contributed by atoms with Crippen LogP contribution in [0.3, 0.4) is 0 Å². The van der Waals surface area contributed by atoms with Crippen LogP contribution in [-0.4, -0.2) is 15.7 Å². The highest BCUT2D eigenvalue weighted by atomic mass is 79.9. The molecule has 3 rings (SSSR count). The first-order chi connectivity index (χ1) is 11.6. The Labute approximate surface area is 147 Å². The minimum Gasteiger partial charge on any atom is -0.311 e. The van der Waals surface area contributed by atoms with Gasteiger partial charge in [0.2, 0.25) is 5.91 Å². The van der Waals surface area contributed by atoms with Crippen molar-refractivity contribution in [3.8, 4) is 0 Å². The maximum absolute atomic E-state index is 13.2. The second-order valence-corrected chi connectivity index (χ2v) is 6.27. The van der Waals surface area contributed by atoms with Gasteiger partial charge < -0.3 is 5.32 Å². The van der Waals surface area contributed by atoms with E-state index in [2.05, 4.69) is 26.3 Å². The summed E-state index contributed by atoms with van der Waals surface area (Å²) in [6, 6.07) is 15.7. The van der Waals surface area contributed by atoms with Gasteiger partial charge >= 0.3 is 0 Å². The van der Waals surface area contributed by atoms with Gasteiger partial charge in [0.1, 0.15) is 11.6 Å². The van der Waals surface area contributed by atoms with Gasteiger partial charge in [-0.05, 0) is 35.4 Å². The standard InChI is InChI=1S/C18H15BrFN3O/c19-15-5-1-4-14(9-15)12-23-17(7-8-21-23)22-18(24)11-13-3-2-6-16(20)10-13/h1-10H,11-12H2,(H,22,24). The Morgan fingerprint density at radius 1 is 1.12 bits per heavy atom. The Morgan fingerprint density at radius 2 is 1.92 bits per heavy atom. The largest absolute Gasteiger partial charge is 0.311 e. The molecule has 6 heteroatoms. The summed E-state index contributed by atoms with van der Waals surface area (Å²) in [4.78, 5) is 12.2. The van der Waals surface area contributed by atoms with Gasteiger partial charge in [-0.3, -0.25) is 4.79 Å². The number of amides is 1. The summed E-state index contributed by atoms with van der Waals surface area (Å²) in [5.74, 6) is 0.0490. The quantitative estimate of drug-likeness (QED) is 0.718. The van der Waals surface area contributed by atoms with Crippen LogP contribution in [0.25, 0.3) is 0 Å². The normalized spacial score (nSPS) is 10.6. The highest BCUT2D eigenvalue weighted by Gasteiger charge is 2.09. The fourth-order valence-corrected chi connectivity index (χ4v) is 2.84. The molecule has 0 aliphatic carbocycles. The molecule has 1 N–H and O–H groups in total. The molecule has 2 aromatic carbocycles. The molecule has 0 aliphatic heterocycles. The highest BCUT2D eigenvalue weighted by molar-refractivity contribution is 9.10. The van der Waals surface area contributed by atoms with Gasteiger partial charge in [-0.25, -0.2) is 9.07 Å². The first-order valence-corrected chi connectivity index (χ1v) is 8.20. The zero-order chi connectivity index (χ0) is 16.9. The van der Waals surface area contributed by atoms with Gasteiger partial charge in [0.05, 0.1) is 19.2 Å². The zero-order valence-electron chi connectivity index (χ0n) is 12.7. The number of carbonyl (C=O) groups is 1. The number of hydrogen-bond acceptors (Lipinski definition) is 2. The Bertz CT molecular complexity index is 863. The molecule has 4 nitrogen and oxygen atoms in total. The van der Waals surface area contributed by atoms with Crippen molar-refractivity contribution in [1.29, 1.82) is 0 Å². The van der Waals surface area contributed by atoms with E-state index in [0.717, 1.165) is 10.0 Å². The number of aromatic nitrogens is 2. The van der Waals surface area contributed by atoms with Crippen molar-refractivity contribution in [2.24, 2.45) is 0 Å². The lowest BCUT2D eigenvalue weighted by molar-refractivity contribution is -0.115. The third kappa shape index (κ3) is 4.29. The lowest BCUT2D eigenvalue weighted by Crippen LogP contribution is -2.18. The summed E-state index contributed by atoms with van der Waals surface area (Å²) >= 11 is 3.44. The second-order valence-electron chi connectivity index (χ2n) is 5.36. The van der Waals surface area contributed by atoms with Gasteiger partial charge in [-0.1, -0.05) is 40.2 Å². The molecule has 0 aliphatic rings. The Kier molecular flexibility index (Phi) is 5.05. The molecule has 24 heavy (non-hydrogen) atoms. The van der Waals surface area contributed by atoms with Gasteiger partial charge in [0, 0.05) is 10.5 Å². The first-order valence-electron chi connectivity index (χ1n) is 7.41. The number of halogens is 2. The van der Waals surface area contributed by atoms with Crippen molar-refractivity contribution < 1.29 is 9.18 Å². The summed E-state index contributed by atoms with van der Waals surface area (Å²) in [6.07, 6.45) is 1.75. The highest BCUT2D eigenvalue weighted by Crippen LogP contribution is 2.15. The average molecular weight is 388 g/mol. The van der Waals surface area contributed by atoms with Crippen LogP contribution in [0.5, 0.6) is 0 Å². The van der Waals surface area contributed by atoms with Crippen molar-refractivity contribution in [1.82, 2.24) is 9.78 Å². The van der Waals surface area contributed by atoms with Crippen LogP contribution in [0, 0.1) is 5.82 Å². The summed E-state index contributed by atoms with van der Waals surface area (Å²) in [7, 11) is 0. The fourth-order valence-electron chi connectivity index (χ4n) is 2.39. The van der Waals surface area contributed by atoms with E-state index in [9.17, 15) is 9.18 Å². The number of nitrogens with zero attached hydrogens (tertiary/aromatic N) is 2. The SMILES string of the molecule is O=C(Cc1cccc(F)c1)Nc1ccnn1Cc1cccc(Br)c1. The molecule has 0 saturated heterocycles. The van der Waals surface area contributed by atoms with Gasteiger partial charge in [-0.2, -0.15) is 5.10 Å². The molecular formula is C18H15BrFN3O. The molecule has 0 unspecified atom stereocenters. The first kappa shape index (κ1) is 16.4. The number of carbonyl (C=O) groups excluding carboxylic acids is 1. The predicted molar refractivity (Wildman–Crippen MR) is 94.2 cm³/mol. The van der Waals surface area contributed by atoms with E-state index in [1.807, 2.05) is 24.3 Å². The van der Waals surface area contributed by atoms with Crippen LogP contribution in [0.1, 0.15) is 11.1 Å². The number of rotatable bonds is 5. The van der Waals surface area contributed by atoms with Crippen molar-refractivity contribution in [2.75, 3.05) is 5.32 Å². The molecule has 0 spiro atoms. The van der Waals surface area contributed by atoms with Crippen LogP contribution in [0.2, 0.25) is 0 Å². The average Bonchev–Trinajstić information content (AvgIpc) is 2.94. The molecule has 0 radical (unpaired) electrons. The van der Waals surface area contributed by atoms with Crippen molar-refractivity contribution in [3.05, 3.63) is 82.2 Å². The van der Waals surface area contributed by atoms with E-state index in [1.54, 1.807) is 29.1 Å².